The molecule has 2 aromatic carbocycles. The second-order valence-electron chi connectivity index (χ2n) is 5.36. The number of hydrogen-bond acceptors (Lipinski definition) is 3. The van der Waals surface area contributed by atoms with Crippen molar-refractivity contribution in [2.75, 3.05) is 11.9 Å². The van der Waals surface area contributed by atoms with E-state index in [1.165, 1.54) is 0 Å². The van der Waals surface area contributed by atoms with Crippen LogP contribution in [-0.4, -0.2) is 17.6 Å². The summed E-state index contributed by atoms with van der Waals surface area (Å²) in [6.45, 7) is 6.37. The zero-order valence-corrected chi connectivity index (χ0v) is 16.2. The second kappa shape index (κ2) is 8.26. The van der Waals surface area contributed by atoms with E-state index in [4.69, 9.17) is 17.0 Å². The molecule has 2 rings (SSSR count). The number of halogens is 1. The fourth-order valence-corrected chi connectivity index (χ4v) is 2.91. The van der Waals surface area contributed by atoms with Crippen molar-refractivity contribution >= 4 is 44.9 Å². The van der Waals surface area contributed by atoms with E-state index in [1.807, 2.05) is 39.0 Å². The van der Waals surface area contributed by atoms with Crippen LogP contribution in [0.2, 0.25) is 0 Å². The monoisotopic (exact) mass is 406 g/mol. The number of benzene rings is 2. The Hall–Kier alpha value is -1.92. The smallest absolute Gasteiger partial charge is 0.261 e. The fraction of sp³-hybridized carbons (Fsp3) is 0.222. The molecule has 0 aliphatic heterocycles. The van der Waals surface area contributed by atoms with Gasteiger partial charge in [0.1, 0.15) is 5.75 Å². The number of amides is 1. The molecular weight excluding hydrogens is 388 g/mol. The van der Waals surface area contributed by atoms with Crippen molar-refractivity contribution in [1.29, 1.82) is 0 Å². The van der Waals surface area contributed by atoms with Crippen molar-refractivity contribution < 1.29 is 9.53 Å². The third kappa shape index (κ3) is 5.04. The van der Waals surface area contributed by atoms with E-state index in [-0.39, 0.29) is 11.0 Å². The van der Waals surface area contributed by atoms with E-state index in [1.54, 1.807) is 12.1 Å². The molecule has 4 nitrogen and oxygen atoms in total. The van der Waals surface area contributed by atoms with Gasteiger partial charge in [-0.3, -0.25) is 10.1 Å². The first-order valence-corrected chi connectivity index (χ1v) is 8.72. The van der Waals surface area contributed by atoms with Crippen LogP contribution in [0, 0.1) is 13.8 Å². The SMILES string of the molecule is CCOc1ccc(Br)cc1C(=O)NC(=S)Nc1cc(C)cc(C)c1. The molecule has 24 heavy (non-hydrogen) atoms. The second-order valence-corrected chi connectivity index (χ2v) is 6.68. The number of ether oxygens (including phenoxy) is 1. The molecule has 6 heteroatoms. The largest absolute Gasteiger partial charge is 0.493 e. The molecule has 0 fully saturated rings. The Morgan fingerprint density at radius 3 is 2.46 bits per heavy atom. The van der Waals surface area contributed by atoms with Crippen LogP contribution in [0.25, 0.3) is 0 Å². The van der Waals surface area contributed by atoms with E-state index in [0.717, 1.165) is 21.3 Å². The summed E-state index contributed by atoms with van der Waals surface area (Å²) in [6.07, 6.45) is 0. The summed E-state index contributed by atoms with van der Waals surface area (Å²) in [5, 5.41) is 5.97. The van der Waals surface area contributed by atoms with Gasteiger partial charge in [-0.2, -0.15) is 0 Å². The summed E-state index contributed by atoms with van der Waals surface area (Å²) in [4.78, 5) is 12.5. The molecule has 2 aromatic rings. The third-order valence-electron chi connectivity index (χ3n) is 3.19. The van der Waals surface area contributed by atoms with Gasteiger partial charge in [-0.25, -0.2) is 0 Å². The minimum Gasteiger partial charge on any atom is -0.493 e. The maximum atomic E-state index is 12.5. The molecule has 0 saturated heterocycles. The molecule has 2 N–H and O–H groups in total. The highest BCUT2D eigenvalue weighted by Gasteiger charge is 2.14. The maximum Gasteiger partial charge on any atom is 0.261 e. The van der Waals surface area contributed by atoms with Crippen molar-refractivity contribution in [3.63, 3.8) is 0 Å². The highest BCUT2D eigenvalue weighted by Crippen LogP contribution is 2.23. The quantitative estimate of drug-likeness (QED) is 0.728. The van der Waals surface area contributed by atoms with Crippen LogP contribution in [0.3, 0.4) is 0 Å². The number of rotatable bonds is 4. The van der Waals surface area contributed by atoms with Crippen LogP contribution >= 0.6 is 28.1 Å². The van der Waals surface area contributed by atoms with E-state index in [2.05, 4.69) is 32.6 Å². The molecule has 0 aromatic heterocycles. The van der Waals surface area contributed by atoms with Crippen LogP contribution in [0.1, 0.15) is 28.4 Å². The minimum absolute atomic E-state index is 0.243. The first kappa shape index (κ1) is 18.4. The first-order valence-electron chi connectivity index (χ1n) is 7.52. The number of nitrogens with one attached hydrogen (secondary N) is 2. The highest BCUT2D eigenvalue weighted by molar-refractivity contribution is 9.10. The fourth-order valence-electron chi connectivity index (χ4n) is 2.34. The molecule has 0 saturated carbocycles. The zero-order valence-electron chi connectivity index (χ0n) is 13.8. The van der Waals surface area contributed by atoms with Crippen LogP contribution < -0.4 is 15.4 Å². The Labute approximate surface area is 155 Å². The van der Waals surface area contributed by atoms with Crippen molar-refractivity contribution in [2.45, 2.75) is 20.8 Å². The van der Waals surface area contributed by atoms with Crippen molar-refractivity contribution in [3.8, 4) is 5.75 Å². The Balaban J connectivity index is 2.11. The van der Waals surface area contributed by atoms with Crippen molar-refractivity contribution in [2.24, 2.45) is 0 Å². The summed E-state index contributed by atoms with van der Waals surface area (Å²) in [7, 11) is 0. The standard InChI is InChI=1S/C18H19BrN2O2S/c1-4-23-16-6-5-13(19)10-15(16)17(22)21-18(24)20-14-8-11(2)7-12(3)9-14/h5-10H,4H2,1-3H3,(H2,20,21,22,24). The molecular formula is C18H19BrN2O2S. The zero-order chi connectivity index (χ0) is 17.7. The highest BCUT2D eigenvalue weighted by atomic mass is 79.9. The van der Waals surface area contributed by atoms with Gasteiger partial charge in [-0.05, 0) is 74.4 Å². The number of thiocarbonyl (C=S) groups is 1. The molecule has 0 unspecified atom stereocenters. The van der Waals surface area contributed by atoms with E-state index < -0.39 is 0 Å². The number of aryl methyl sites for hydroxylation is 2. The van der Waals surface area contributed by atoms with Crippen LogP contribution in [-0.2, 0) is 0 Å². The van der Waals surface area contributed by atoms with E-state index in [0.29, 0.717) is 17.9 Å². The van der Waals surface area contributed by atoms with Gasteiger partial charge >= 0.3 is 0 Å². The van der Waals surface area contributed by atoms with Gasteiger partial charge in [0.25, 0.3) is 5.91 Å². The molecule has 0 aliphatic carbocycles. The Bertz CT molecular complexity index is 757. The number of hydrogen-bond donors (Lipinski definition) is 2. The normalized spacial score (nSPS) is 10.2. The average Bonchev–Trinajstić information content (AvgIpc) is 2.47. The molecule has 126 valence electrons. The molecule has 0 aliphatic rings. The van der Waals surface area contributed by atoms with E-state index >= 15 is 0 Å². The molecule has 1 amide bonds. The van der Waals surface area contributed by atoms with Crippen LogP contribution in [0.4, 0.5) is 5.69 Å². The van der Waals surface area contributed by atoms with Gasteiger partial charge in [0.15, 0.2) is 5.11 Å². The Kier molecular flexibility index (Phi) is 6.34. The molecule has 0 spiro atoms. The Morgan fingerprint density at radius 2 is 1.83 bits per heavy atom. The summed E-state index contributed by atoms with van der Waals surface area (Å²) in [5.74, 6) is 0.203. The van der Waals surface area contributed by atoms with Crippen molar-refractivity contribution in [3.05, 3.63) is 57.6 Å². The average molecular weight is 407 g/mol. The molecule has 0 heterocycles. The van der Waals surface area contributed by atoms with Gasteiger partial charge in [-0.15, -0.1) is 0 Å². The lowest BCUT2D eigenvalue weighted by Gasteiger charge is -2.13. The summed E-state index contributed by atoms with van der Waals surface area (Å²) >= 11 is 8.61. The minimum atomic E-state index is -0.318. The lowest BCUT2D eigenvalue weighted by atomic mass is 10.1. The van der Waals surface area contributed by atoms with Crippen LogP contribution in [0.5, 0.6) is 5.75 Å². The lowest BCUT2D eigenvalue weighted by molar-refractivity contribution is 0.0974. The first-order chi connectivity index (χ1) is 11.4. The summed E-state index contributed by atoms with van der Waals surface area (Å²) in [6, 6.07) is 11.3. The number of carbonyl (C=O) groups is 1. The molecule has 0 atom stereocenters. The number of carbonyl (C=O) groups excluding carboxylic acids is 1. The Morgan fingerprint density at radius 1 is 1.17 bits per heavy atom. The summed E-state index contributed by atoms with van der Waals surface area (Å²) in [5.41, 5.74) is 3.52. The summed E-state index contributed by atoms with van der Waals surface area (Å²) < 4.78 is 6.29. The van der Waals surface area contributed by atoms with Gasteiger partial charge in [0, 0.05) is 10.2 Å². The topological polar surface area (TPSA) is 50.4 Å². The van der Waals surface area contributed by atoms with E-state index in [9.17, 15) is 4.79 Å². The van der Waals surface area contributed by atoms with Crippen molar-refractivity contribution in [1.82, 2.24) is 5.32 Å². The molecule has 0 radical (unpaired) electrons. The van der Waals surface area contributed by atoms with Crippen LogP contribution in [0.15, 0.2) is 40.9 Å². The van der Waals surface area contributed by atoms with Gasteiger partial charge in [0.05, 0.1) is 12.2 Å². The predicted molar refractivity (Wildman–Crippen MR) is 105 cm³/mol. The lowest BCUT2D eigenvalue weighted by Crippen LogP contribution is -2.34. The third-order valence-corrected chi connectivity index (χ3v) is 3.89. The molecule has 0 bridgehead atoms. The van der Waals surface area contributed by atoms with Gasteiger partial charge < -0.3 is 10.1 Å². The van der Waals surface area contributed by atoms with Gasteiger partial charge in [0.2, 0.25) is 0 Å². The predicted octanol–water partition coefficient (Wildman–Crippen LogP) is 4.59. The number of anilines is 1. The van der Waals surface area contributed by atoms with Gasteiger partial charge in [-0.1, -0.05) is 22.0 Å². The maximum absolute atomic E-state index is 12.5.